The van der Waals surface area contributed by atoms with Crippen LogP contribution in [0, 0.1) is 13.8 Å². The van der Waals surface area contributed by atoms with Crippen molar-refractivity contribution in [2.75, 3.05) is 10.7 Å². The van der Waals surface area contributed by atoms with E-state index in [0.717, 1.165) is 31.4 Å². The van der Waals surface area contributed by atoms with Crippen LogP contribution in [0.3, 0.4) is 0 Å². The number of carbonyl (C=O) groups is 1. The van der Waals surface area contributed by atoms with Gasteiger partial charge in [-0.15, -0.1) is 11.8 Å². The van der Waals surface area contributed by atoms with Gasteiger partial charge < -0.3 is 0 Å². The van der Waals surface area contributed by atoms with E-state index in [4.69, 9.17) is 4.98 Å². The van der Waals surface area contributed by atoms with Crippen LogP contribution in [-0.2, 0) is 11.3 Å². The normalized spacial score (nSPS) is 11.0. The van der Waals surface area contributed by atoms with E-state index in [1.807, 2.05) is 42.5 Å². The van der Waals surface area contributed by atoms with Crippen molar-refractivity contribution < 1.29 is 4.79 Å². The SMILES string of the molecule is Cc1cc(C)c2nc(N(Cc3cccnc3)C(=O)CSc3ccccc3)sc2c1. The van der Waals surface area contributed by atoms with Crippen LogP contribution in [0.15, 0.2) is 71.9 Å². The fourth-order valence-electron chi connectivity index (χ4n) is 3.15. The van der Waals surface area contributed by atoms with Crippen molar-refractivity contribution in [1.82, 2.24) is 9.97 Å². The van der Waals surface area contributed by atoms with Gasteiger partial charge in [-0.25, -0.2) is 4.98 Å². The third kappa shape index (κ3) is 4.66. The summed E-state index contributed by atoms with van der Waals surface area (Å²) in [7, 11) is 0. The molecule has 6 heteroatoms. The molecule has 29 heavy (non-hydrogen) atoms. The predicted octanol–water partition coefficient (Wildman–Crippen LogP) is 5.63. The monoisotopic (exact) mass is 419 g/mol. The molecule has 0 unspecified atom stereocenters. The first-order valence-corrected chi connectivity index (χ1v) is 11.2. The number of aromatic nitrogens is 2. The van der Waals surface area contributed by atoms with Crippen molar-refractivity contribution in [2.45, 2.75) is 25.3 Å². The van der Waals surface area contributed by atoms with Crippen LogP contribution in [0.5, 0.6) is 0 Å². The first kappa shape index (κ1) is 19.6. The predicted molar refractivity (Wildman–Crippen MR) is 122 cm³/mol. The zero-order chi connectivity index (χ0) is 20.2. The van der Waals surface area contributed by atoms with E-state index in [9.17, 15) is 4.79 Å². The Labute approximate surface area is 178 Å². The summed E-state index contributed by atoms with van der Waals surface area (Å²) in [6.45, 7) is 4.61. The summed E-state index contributed by atoms with van der Waals surface area (Å²) in [4.78, 5) is 25.1. The lowest BCUT2D eigenvalue weighted by molar-refractivity contribution is -0.116. The van der Waals surface area contributed by atoms with Crippen molar-refractivity contribution in [3.05, 3.63) is 83.7 Å². The minimum Gasteiger partial charge on any atom is -0.283 e. The second-order valence-corrected chi connectivity index (χ2v) is 8.93. The molecule has 0 fully saturated rings. The Bertz CT molecular complexity index is 1130. The van der Waals surface area contributed by atoms with Crippen LogP contribution in [0.1, 0.15) is 16.7 Å². The molecule has 4 nitrogen and oxygen atoms in total. The van der Waals surface area contributed by atoms with Gasteiger partial charge in [0.15, 0.2) is 5.13 Å². The molecule has 1 amide bonds. The number of rotatable bonds is 6. The highest BCUT2D eigenvalue weighted by Gasteiger charge is 2.21. The van der Waals surface area contributed by atoms with Gasteiger partial charge in [0, 0.05) is 17.3 Å². The molecule has 0 aliphatic carbocycles. The first-order chi connectivity index (χ1) is 14.1. The van der Waals surface area contributed by atoms with Crippen molar-refractivity contribution in [3.63, 3.8) is 0 Å². The van der Waals surface area contributed by atoms with E-state index >= 15 is 0 Å². The maximum Gasteiger partial charge on any atom is 0.239 e. The molecule has 2 aromatic carbocycles. The summed E-state index contributed by atoms with van der Waals surface area (Å²) in [5, 5.41) is 0.733. The molecule has 4 aromatic rings. The number of benzene rings is 2. The molecular weight excluding hydrogens is 398 g/mol. The second-order valence-electron chi connectivity index (χ2n) is 6.87. The molecule has 0 aliphatic rings. The standard InChI is InChI=1S/C23H21N3OS2/c1-16-11-17(2)22-20(12-16)29-23(25-22)26(14-18-7-6-10-24-13-18)21(27)15-28-19-8-4-3-5-9-19/h3-13H,14-15H2,1-2H3. The van der Waals surface area contributed by atoms with Crippen LogP contribution in [0.25, 0.3) is 10.2 Å². The Balaban J connectivity index is 1.64. The smallest absolute Gasteiger partial charge is 0.239 e. The van der Waals surface area contributed by atoms with Crippen LogP contribution in [0.2, 0.25) is 0 Å². The lowest BCUT2D eigenvalue weighted by Gasteiger charge is -2.19. The van der Waals surface area contributed by atoms with E-state index in [-0.39, 0.29) is 5.91 Å². The third-order valence-corrected chi connectivity index (χ3v) is 6.54. The molecule has 0 bridgehead atoms. The number of amides is 1. The third-order valence-electron chi connectivity index (χ3n) is 4.52. The number of pyridine rings is 1. The maximum absolute atomic E-state index is 13.2. The van der Waals surface area contributed by atoms with Crippen LogP contribution in [-0.4, -0.2) is 21.6 Å². The number of nitrogens with zero attached hydrogens (tertiary/aromatic N) is 3. The maximum atomic E-state index is 13.2. The largest absolute Gasteiger partial charge is 0.283 e. The zero-order valence-electron chi connectivity index (χ0n) is 16.3. The van der Waals surface area contributed by atoms with Gasteiger partial charge in [0.05, 0.1) is 22.5 Å². The Morgan fingerprint density at radius 1 is 1.10 bits per heavy atom. The van der Waals surface area contributed by atoms with Crippen molar-refractivity contribution in [1.29, 1.82) is 0 Å². The zero-order valence-corrected chi connectivity index (χ0v) is 18.0. The number of hydrogen-bond acceptors (Lipinski definition) is 5. The average molecular weight is 420 g/mol. The number of anilines is 1. The number of carbonyl (C=O) groups excluding carboxylic acids is 1. The summed E-state index contributed by atoms with van der Waals surface area (Å²) >= 11 is 3.11. The van der Waals surface area contributed by atoms with Crippen LogP contribution < -0.4 is 4.90 Å². The first-order valence-electron chi connectivity index (χ1n) is 9.35. The quantitative estimate of drug-likeness (QED) is 0.380. The summed E-state index contributed by atoms with van der Waals surface area (Å²) in [5.74, 6) is 0.397. The Morgan fingerprint density at radius 2 is 1.93 bits per heavy atom. The Hall–Kier alpha value is -2.70. The van der Waals surface area contributed by atoms with Gasteiger partial charge in [0.1, 0.15) is 0 Å². The lowest BCUT2D eigenvalue weighted by Crippen LogP contribution is -2.31. The van der Waals surface area contributed by atoms with Gasteiger partial charge in [-0.2, -0.15) is 0 Å². The summed E-state index contributed by atoms with van der Waals surface area (Å²) < 4.78 is 1.11. The molecule has 0 radical (unpaired) electrons. The number of aryl methyl sites for hydroxylation is 2. The molecule has 2 heterocycles. The molecule has 4 rings (SSSR count). The fourth-order valence-corrected chi connectivity index (χ4v) is 5.10. The van der Waals surface area contributed by atoms with Crippen LogP contribution in [0.4, 0.5) is 5.13 Å². The minimum atomic E-state index is 0.0381. The van der Waals surface area contributed by atoms with Gasteiger partial charge in [0.25, 0.3) is 0 Å². The van der Waals surface area contributed by atoms with Crippen LogP contribution >= 0.6 is 23.1 Å². The molecule has 0 saturated carbocycles. The number of thiazole rings is 1. The van der Waals surface area contributed by atoms with Crippen molar-refractivity contribution in [2.24, 2.45) is 0 Å². The fraction of sp³-hybridized carbons (Fsp3) is 0.174. The summed E-state index contributed by atoms with van der Waals surface area (Å²) in [6, 6.07) is 18.1. The molecular formula is C23H21N3OS2. The molecule has 0 atom stereocenters. The summed E-state index contributed by atoms with van der Waals surface area (Å²) in [5.41, 5.74) is 4.29. The Kier molecular flexibility index (Phi) is 5.92. The number of fused-ring (bicyclic) bond motifs is 1. The average Bonchev–Trinajstić information content (AvgIpc) is 3.16. The highest BCUT2D eigenvalue weighted by atomic mass is 32.2. The molecule has 0 N–H and O–H groups in total. The number of thioether (sulfide) groups is 1. The lowest BCUT2D eigenvalue weighted by atomic mass is 10.1. The molecule has 0 saturated heterocycles. The topological polar surface area (TPSA) is 46.1 Å². The second kappa shape index (κ2) is 8.76. The van der Waals surface area contributed by atoms with E-state index in [1.165, 1.54) is 5.56 Å². The molecule has 0 spiro atoms. The van der Waals surface area contributed by atoms with E-state index in [1.54, 1.807) is 40.4 Å². The van der Waals surface area contributed by atoms with E-state index in [2.05, 4.69) is 31.0 Å². The molecule has 0 aliphatic heterocycles. The van der Waals surface area contributed by atoms with Gasteiger partial charge in [-0.05, 0) is 54.8 Å². The van der Waals surface area contributed by atoms with Crippen molar-refractivity contribution in [3.8, 4) is 0 Å². The minimum absolute atomic E-state index is 0.0381. The Morgan fingerprint density at radius 3 is 2.69 bits per heavy atom. The van der Waals surface area contributed by atoms with Gasteiger partial charge in [-0.1, -0.05) is 41.7 Å². The van der Waals surface area contributed by atoms with E-state index in [0.29, 0.717) is 12.3 Å². The number of hydrogen-bond donors (Lipinski definition) is 0. The highest BCUT2D eigenvalue weighted by Crippen LogP contribution is 2.33. The van der Waals surface area contributed by atoms with E-state index < -0.39 is 0 Å². The molecule has 146 valence electrons. The van der Waals surface area contributed by atoms with Crippen molar-refractivity contribution >= 4 is 44.4 Å². The highest BCUT2D eigenvalue weighted by molar-refractivity contribution is 8.00. The van der Waals surface area contributed by atoms with Gasteiger partial charge in [0.2, 0.25) is 5.91 Å². The van der Waals surface area contributed by atoms with Gasteiger partial charge >= 0.3 is 0 Å². The molecule has 2 aromatic heterocycles. The van der Waals surface area contributed by atoms with Gasteiger partial charge in [-0.3, -0.25) is 14.7 Å². The summed E-state index contributed by atoms with van der Waals surface area (Å²) in [6.07, 6.45) is 3.54.